The summed E-state index contributed by atoms with van der Waals surface area (Å²) in [6.45, 7) is 4.43. The monoisotopic (exact) mass is 349 g/mol. The van der Waals surface area contributed by atoms with Gasteiger partial charge in [0.2, 0.25) is 11.9 Å². The fourth-order valence-electron chi connectivity index (χ4n) is 3.28. The Morgan fingerprint density at radius 3 is 2.64 bits per heavy atom. The van der Waals surface area contributed by atoms with Crippen LogP contribution in [0.5, 0.6) is 0 Å². The van der Waals surface area contributed by atoms with Gasteiger partial charge in [0.15, 0.2) is 11.2 Å². The summed E-state index contributed by atoms with van der Waals surface area (Å²) in [5, 5.41) is 9.31. The van der Waals surface area contributed by atoms with Crippen molar-refractivity contribution in [1.29, 1.82) is 0 Å². The molecule has 9 nitrogen and oxygen atoms in total. The number of aliphatic hydroxyl groups is 1. The minimum absolute atomic E-state index is 0.141. The van der Waals surface area contributed by atoms with Gasteiger partial charge in [-0.1, -0.05) is 0 Å². The number of anilines is 1. The van der Waals surface area contributed by atoms with Crippen molar-refractivity contribution in [2.45, 2.75) is 52.3 Å². The molecule has 0 spiro atoms. The van der Waals surface area contributed by atoms with Crippen LogP contribution in [-0.4, -0.2) is 42.3 Å². The number of amides is 1. The average Bonchev–Trinajstić information content (AvgIpc) is 3.10. The average molecular weight is 349 g/mol. The molecule has 9 heteroatoms. The topological polar surface area (TPSA) is 102 Å². The molecule has 2 aromatic rings. The van der Waals surface area contributed by atoms with Crippen molar-refractivity contribution in [2.75, 3.05) is 11.4 Å². The Bertz CT molecular complexity index is 937. The first kappa shape index (κ1) is 17.4. The second-order valence-corrected chi connectivity index (χ2v) is 6.55. The third-order valence-corrected chi connectivity index (χ3v) is 4.63. The summed E-state index contributed by atoms with van der Waals surface area (Å²) in [6.07, 6.45) is 1.60. The highest BCUT2D eigenvalue weighted by Gasteiger charge is 2.29. The lowest BCUT2D eigenvalue weighted by Gasteiger charge is -2.10. The van der Waals surface area contributed by atoms with Crippen molar-refractivity contribution >= 4 is 23.0 Å². The second-order valence-electron chi connectivity index (χ2n) is 6.55. The smallest absolute Gasteiger partial charge is 0.332 e. The third kappa shape index (κ3) is 2.88. The first-order valence-corrected chi connectivity index (χ1v) is 8.49. The molecule has 0 aromatic carbocycles. The number of hydrogen-bond acceptors (Lipinski definition) is 5. The normalized spacial score (nSPS) is 15.0. The maximum Gasteiger partial charge on any atom is 0.332 e. The minimum atomic E-state index is -0.416. The number of fused-ring (bicyclic) bond motifs is 3. The number of carbonyl (C=O) groups excluding carboxylic acids is 1. The molecule has 0 bridgehead atoms. The van der Waals surface area contributed by atoms with Crippen LogP contribution in [0.3, 0.4) is 0 Å². The number of aliphatic hydroxyl groups excluding tert-OH is 1. The fourth-order valence-corrected chi connectivity index (χ4v) is 3.28. The summed E-state index contributed by atoms with van der Waals surface area (Å²) >= 11 is 0. The Labute approximate surface area is 144 Å². The van der Waals surface area contributed by atoms with Crippen LogP contribution in [0.2, 0.25) is 0 Å². The quantitative estimate of drug-likeness (QED) is 0.754. The molecule has 0 saturated heterocycles. The Morgan fingerprint density at radius 2 is 2.00 bits per heavy atom. The van der Waals surface area contributed by atoms with Crippen molar-refractivity contribution in [1.82, 2.24) is 18.7 Å². The van der Waals surface area contributed by atoms with Gasteiger partial charge < -0.3 is 9.67 Å². The van der Waals surface area contributed by atoms with Crippen molar-refractivity contribution in [2.24, 2.45) is 7.05 Å². The van der Waals surface area contributed by atoms with Gasteiger partial charge in [-0.15, -0.1) is 0 Å². The predicted molar refractivity (Wildman–Crippen MR) is 92.8 cm³/mol. The first-order chi connectivity index (χ1) is 11.8. The molecule has 0 unspecified atom stereocenters. The molecule has 1 N–H and O–H groups in total. The van der Waals surface area contributed by atoms with Crippen LogP contribution < -0.4 is 16.1 Å². The molecular formula is C16H23N5O4. The van der Waals surface area contributed by atoms with Crippen LogP contribution in [0.25, 0.3) is 11.2 Å². The van der Waals surface area contributed by atoms with E-state index in [0.29, 0.717) is 49.6 Å². The molecule has 25 heavy (non-hydrogen) atoms. The molecule has 1 amide bonds. The standard InChI is InChI=1S/C16H23N5O4/c1-10(22)6-4-5-7-21-14(24)12-13(18(3)16(21)25)17-15-19(11(2)23)8-9-20(12)15/h10,22H,4-9H2,1-3H3/t10-/m0/s1. The third-order valence-electron chi connectivity index (χ3n) is 4.63. The molecule has 3 heterocycles. The predicted octanol–water partition coefficient (Wildman–Crippen LogP) is -0.186. The molecule has 0 aliphatic carbocycles. The number of aromatic nitrogens is 4. The zero-order valence-corrected chi connectivity index (χ0v) is 14.7. The van der Waals surface area contributed by atoms with Crippen LogP contribution in [-0.2, 0) is 24.9 Å². The molecule has 3 rings (SSSR count). The van der Waals surface area contributed by atoms with E-state index in [9.17, 15) is 19.5 Å². The molecule has 0 saturated carbocycles. The number of unbranched alkanes of at least 4 members (excludes halogenated alkanes) is 1. The molecule has 136 valence electrons. The highest BCUT2D eigenvalue weighted by molar-refractivity contribution is 5.92. The van der Waals surface area contributed by atoms with E-state index in [1.54, 1.807) is 18.5 Å². The van der Waals surface area contributed by atoms with E-state index in [-0.39, 0.29) is 11.5 Å². The maximum absolute atomic E-state index is 12.9. The van der Waals surface area contributed by atoms with Crippen LogP contribution >= 0.6 is 0 Å². The Morgan fingerprint density at radius 1 is 1.28 bits per heavy atom. The Hall–Kier alpha value is -2.42. The summed E-state index contributed by atoms with van der Waals surface area (Å²) in [6, 6.07) is 0. The van der Waals surface area contributed by atoms with Crippen LogP contribution in [0.1, 0.15) is 33.1 Å². The number of aryl methyl sites for hydroxylation is 1. The number of nitrogens with zero attached hydrogens (tertiary/aromatic N) is 5. The summed E-state index contributed by atoms with van der Waals surface area (Å²) in [5.74, 6) is 0.277. The van der Waals surface area contributed by atoms with Crippen molar-refractivity contribution < 1.29 is 9.90 Å². The van der Waals surface area contributed by atoms with E-state index in [4.69, 9.17) is 0 Å². The fraction of sp³-hybridized carbons (Fsp3) is 0.625. The molecular weight excluding hydrogens is 326 g/mol. The second kappa shape index (κ2) is 6.47. The lowest BCUT2D eigenvalue weighted by Crippen LogP contribution is -2.39. The van der Waals surface area contributed by atoms with E-state index < -0.39 is 11.8 Å². The van der Waals surface area contributed by atoms with E-state index >= 15 is 0 Å². The molecule has 2 aromatic heterocycles. The lowest BCUT2D eigenvalue weighted by atomic mass is 10.2. The van der Waals surface area contributed by atoms with Crippen molar-refractivity contribution in [3.63, 3.8) is 0 Å². The van der Waals surface area contributed by atoms with E-state index in [0.717, 1.165) is 6.42 Å². The Kier molecular flexibility index (Phi) is 4.51. The van der Waals surface area contributed by atoms with Gasteiger partial charge in [0.25, 0.3) is 5.56 Å². The van der Waals surface area contributed by atoms with E-state index in [1.165, 1.54) is 21.0 Å². The van der Waals surface area contributed by atoms with Crippen LogP contribution in [0.4, 0.5) is 5.95 Å². The summed E-state index contributed by atoms with van der Waals surface area (Å²) in [4.78, 5) is 43.0. The SMILES string of the molecule is CC(=O)N1CCn2c1nc1c2c(=O)n(CCCC[C@H](C)O)c(=O)n1C. The highest BCUT2D eigenvalue weighted by Crippen LogP contribution is 2.24. The highest BCUT2D eigenvalue weighted by atomic mass is 16.3. The molecule has 1 atom stereocenters. The number of rotatable bonds is 5. The summed E-state index contributed by atoms with van der Waals surface area (Å²) < 4.78 is 4.29. The Balaban J connectivity index is 2.05. The van der Waals surface area contributed by atoms with Gasteiger partial charge >= 0.3 is 5.69 Å². The molecule has 0 fully saturated rings. The van der Waals surface area contributed by atoms with Gasteiger partial charge in [-0.3, -0.25) is 23.6 Å². The number of hydrogen-bond donors (Lipinski definition) is 1. The van der Waals surface area contributed by atoms with Gasteiger partial charge in [-0.05, 0) is 26.2 Å². The minimum Gasteiger partial charge on any atom is -0.393 e. The summed E-state index contributed by atoms with van der Waals surface area (Å²) in [5.41, 5.74) is -0.132. The largest absolute Gasteiger partial charge is 0.393 e. The summed E-state index contributed by atoms with van der Waals surface area (Å²) in [7, 11) is 1.58. The van der Waals surface area contributed by atoms with Crippen molar-refractivity contribution in [3.05, 3.63) is 20.8 Å². The van der Waals surface area contributed by atoms with Gasteiger partial charge in [0.1, 0.15) is 0 Å². The van der Waals surface area contributed by atoms with Gasteiger partial charge in [-0.25, -0.2) is 4.79 Å². The number of carbonyl (C=O) groups is 1. The van der Waals surface area contributed by atoms with Crippen molar-refractivity contribution in [3.8, 4) is 0 Å². The van der Waals surface area contributed by atoms with Gasteiger partial charge in [0.05, 0.1) is 6.10 Å². The van der Waals surface area contributed by atoms with Gasteiger partial charge in [0, 0.05) is 33.6 Å². The maximum atomic E-state index is 12.9. The van der Waals surface area contributed by atoms with E-state index in [1.807, 2.05) is 0 Å². The number of imidazole rings is 1. The van der Waals surface area contributed by atoms with E-state index in [2.05, 4.69) is 4.98 Å². The molecule has 0 radical (unpaired) electrons. The lowest BCUT2D eigenvalue weighted by molar-refractivity contribution is -0.116. The zero-order chi connectivity index (χ0) is 18.3. The molecule has 1 aliphatic rings. The van der Waals surface area contributed by atoms with Crippen LogP contribution in [0.15, 0.2) is 9.59 Å². The zero-order valence-electron chi connectivity index (χ0n) is 14.7. The van der Waals surface area contributed by atoms with Gasteiger partial charge in [-0.2, -0.15) is 4.98 Å². The first-order valence-electron chi connectivity index (χ1n) is 8.49. The molecule has 1 aliphatic heterocycles. The van der Waals surface area contributed by atoms with Crippen LogP contribution in [0, 0.1) is 0 Å².